The van der Waals surface area contributed by atoms with E-state index in [9.17, 15) is 0 Å². The van der Waals surface area contributed by atoms with Crippen molar-refractivity contribution in [1.82, 2.24) is 15.1 Å². The van der Waals surface area contributed by atoms with Gasteiger partial charge in [-0.3, -0.25) is 0 Å². The van der Waals surface area contributed by atoms with Crippen molar-refractivity contribution in [1.29, 1.82) is 5.26 Å². The van der Waals surface area contributed by atoms with Gasteiger partial charge in [0.15, 0.2) is 5.82 Å². The monoisotopic (exact) mass is 303 g/mol. The number of hydrogen-bond donors (Lipinski definition) is 0. The second-order valence-electron chi connectivity index (χ2n) is 4.49. The molecule has 2 aromatic rings. The number of nitrogens with zero attached hydrogens (tertiary/aromatic N) is 5. The van der Waals surface area contributed by atoms with Crippen LogP contribution in [0.3, 0.4) is 0 Å². The molecule has 0 bridgehead atoms. The van der Waals surface area contributed by atoms with Crippen LogP contribution in [0, 0.1) is 11.3 Å². The van der Waals surface area contributed by atoms with Crippen molar-refractivity contribution in [2.24, 2.45) is 0 Å². The smallest absolute Gasteiger partial charge is 0.246 e. The lowest BCUT2D eigenvalue weighted by atomic mass is 10.3. The van der Waals surface area contributed by atoms with Gasteiger partial charge in [-0.2, -0.15) is 22.0 Å². The van der Waals surface area contributed by atoms with Crippen LogP contribution in [-0.4, -0.2) is 27.9 Å². The lowest BCUT2D eigenvalue weighted by molar-refractivity contribution is 0.372. The maximum atomic E-state index is 8.87. The van der Waals surface area contributed by atoms with Crippen molar-refractivity contribution < 1.29 is 4.52 Å². The zero-order chi connectivity index (χ0) is 15.2. The Morgan fingerprint density at radius 1 is 1.43 bits per heavy atom. The van der Waals surface area contributed by atoms with Crippen molar-refractivity contribution in [3.63, 3.8) is 0 Å². The highest BCUT2D eigenvalue weighted by atomic mass is 32.2. The van der Waals surface area contributed by atoms with E-state index < -0.39 is 0 Å². The quantitative estimate of drug-likeness (QED) is 0.811. The van der Waals surface area contributed by atoms with Crippen LogP contribution in [0.4, 0.5) is 5.82 Å². The first-order chi connectivity index (χ1) is 10.1. The zero-order valence-corrected chi connectivity index (χ0v) is 13.1. The summed E-state index contributed by atoms with van der Waals surface area (Å²) >= 11 is 1.77. The van der Waals surface area contributed by atoms with E-state index in [0.717, 1.165) is 5.75 Å². The second-order valence-corrected chi connectivity index (χ2v) is 6.11. The Hall–Kier alpha value is -2.07. The predicted octanol–water partition coefficient (Wildman–Crippen LogP) is 2.79. The first kappa shape index (κ1) is 15.3. The summed E-state index contributed by atoms with van der Waals surface area (Å²) in [6.45, 7) is 4.62. The number of anilines is 1. The van der Waals surface area contributed by atoms with E-state index >= 15 is 0 Å². The third-order valence-electron chi connectivity index (χ3n) is 2.88. The average Bonchev–Trinajstić information content (AvgIpc) is 2.96. The van der Waals surface area contributed by atoms with Gasteiger partial charge in [0, 0.05) is 7.05 Å². The Balaban J connectivity index is 2.05. The summed E-state index contributed by atoms with van der Waals surface area (Å²) in [7, 11) is 1.87. The maximum absolute atomic E-state index is 8.87. The van der Waals surface area contributed by atoms with Crippen LogP contribution in [0.2, 0.25) is 0 Å². The van der Waals surface area contributed by atoms with Crippen LogP contribution in [0.25, 0.3) is 0 Å². The van der Waals surface area contributed by atoms with Crippen molar-refractivity contribution in [3.05, 3.63) is 35.6 Å². The Kier molecular flexibility index (Phi) is 5.17. The van der Waals surface area contributed by atoms with E-state index in [4.69, 9.17) is 9.78 Å². The predicted molar refractivity (Wildman–Crippen MR) is 81.9 cm³/mol. The second kappa shape index (κ2) is 7.09. The molecule has 110 valence electrons. The molecule has 21 heavy (non-hydrogen) atoms. The summed E-state index contributed by atoms with van der Waals surface area (Å²) in [6, 6.07) is 7.34. The third kappa shape index (κ3) is 3.95. The molecule has 7 heteroatoms. The molecule has 0 aliphatic heterocycles. The summed E-state index contributed by atoms with van der Waals surface area (Å²) in [5, 5.41) is 13.1. The molecule has 0 unspecified atom stereocenters. The lowest BCUT2D eigenvalue weighted by Gasteiger charge is -2.15. The summed E-state index contributed by atoms with van der Waals surface area (Å²) in [6.07, 6.45) is 0. The van der Waals surface area contributed by atoms with Crippen molar-refractivity contribution in [2.45, 2.75) is 25.6 Å². The van der Waals surface area contributed by atoms with E-state index in [1.54, 1.807) is 23.9 Å². The maximum Gasteiger partial charge on any atom is 0.246 e. The molecule has 2 rings (SSSR count). The van der Waals surface area contributed by atoms with Gasteiger partial charge in [0.1, 0.15) is 17.6 Å². The summed E-state index contributed by atoms with van der Waals surface area (Å²) in [5.41, 5.74) is 0.388. The first-order valence-corrected chi connectivity index (χ1v) is 7.71. The molecule has 0 radical (unpaired) electrons. The minimum atomic E-state index is 0.220. The Morgan fingerprint density at radius 2 is 2.24 bits per heavy atom. The third-order valence-corrected chi connectivity index (χ3v) is 3.92. The van der Waals surface area contributed by atoms with Crippen LogP contribution in [-0.2, 0) is 6.54 Å². The van der Waals surface area contributed by atoms with Gasteiger partial charge in [-0.1, -0.05) is 18.1 Å². The molecule has 6 nitrogen and oxygen atoms in total. The van der Waals surface area contributed by atoms with E-state index in [-0.39, 0.29) is 5.25 Å². The number of nitriles is 1. The molecule has 1 atom stereocenters. The Labute approximate surface area is 128 Å². The molecule has 0 fully saturated rings. The fourth-order valence-corrected chi connectivity index (χ4v) is 2.55. The molecule has 0 amide bonds. The molecule has 0 aromatic carbocycles. The Morgan fingerprint density at radius 3 is 2.95 bits per heavy atom. The van der Waals surface area contributed by atoms with Gasteiger partial charge in [-0.15, -0.1) is 0 Å². The van der Waals surface area contributed by atoms with Crippen molar-refractivity contribution >= 4 is 17.6 Å². The molecule has 0 aliphatic rings. The van der Waals surface area contributed by atoms with E-state index in [2.05, 4.69) is 29.0 Å². The number of aromatic nitrogens is 3. The molecule has 0 spiro atoms. The molecular formula is C14H17N5OS. The highest BCUT2D eigenvalue weighted by Gasteiger charge is 2.15. The topological polar surface area (TPSA) is 78.8 Å². The summed E-state index contributed by atoms with van der Waals surface area (Å²) in [4.78, 5) is 10.5. The standard InChI is InChI=1S/C14H17N5OS/c1-4-21-10(2)14-17-13(20-18-14)9-19(3)12-7-5-6-11(8-15)16-12/h5-7,10H,4,9H2,1-3H3/t10-/m0/s1. The van der Waals surface area contributed by atoms with Gasteiger partial charge in [0.05, 0.1) is 11.8 Å². The van der Waals surface area contributed by atoms with E-state index in [0.29, 0.717) is 29.8 Å². The molecule has 0 N–H and O–H groups in total. The summed E-state index contributed by atoms with van der Waals surface area (Å²) < 4.78 is 5.27. The zero-order valence-electron chi connectivity index (χ0n) is 12.3. The van der Waals surface area contributed by atoms with Gasteiger partial charge in [0.2, 0.25) is 5.89 Å². The minimum absolute atomic E-state index is 0.220. The van der Waals surface area contributed by atoms with Gasteiger partial charge in [-0.25, -0.2) is 4.98 Å². The van der Waals surface area contributed by atoms with Crippen LogP contribution in [0.1, 0.15) is 36.5 Å². The molecule has 0 saturated heterocycles. The highest BCUT2D eigenvalue weighted by Crippen LogP contribution is 2.25. The average molecular weight is 303 g/mol. The largest absolute Gasteiger partial charge is 0.350 e. The normalized spacial score (nSPS) is 11.9. The number of hydrogen-bond acceptors (Lipinski definition) is 7. The number of rotatable bonds is 6. The van der Waals surface area contributed by atoms with Crippen LogP contribution in [0.15, 0.2) is 22.7 Å². The van der Waals surface area contributed by atoms with Gasteiger partial charge in [-0.05, 0) is 24.8 Å². The van der Waals surface area contributed by atoms with E-state index in [1.165, 1.54) is 0 Å². The fourth-order valence-electron chi connectivity index (χ4n) is 1.80. The van der Waals surface area contributed by atoms with Gasteiger partial charge >= 0.3 is 0 Å². The molecule has 0 aliphatic carbocycles. The number of thioether (sulfide) groups is 1. The SMILES string of the molecule is CCS[C@@H](C)c1noc(CN(C)c2cccc(C#N)n2)n1. The van der Waals surface area contributed by atoms with E-state index in [1.807, 2.05) is 24.1 Å². The molecular weight excluding hydrogens is 286 g/mol. The molecule has 2 heterocycles. The van der Waals surface area contributed by atoms with Crippen LogP contribution in [0.5, 0.6) is 0 Å². The van der Waals surface area contributed by atoms with Crippen LogP contribution >= 0.6 is 11.8 Å². The first-order valence-electron chi connectivity index (χ1n) is 6.66. The van der Waals surface area contributed by atoms with Gasteiger partial charge in [0.25, 0.3) is 0 Å². The fraction of sp³-hybridized carbons (Fsp3) is 0.429. The minimum Gasteiger partial charge on any atom is -0.350 e. The lowest BCUT2D eigenvalue weighted by Crippen LogP contribution is -2.18. The van der Waals surface area contributed by atoms with Crippen LogP contribution < -0.4 is 4.90 Å². The van der Waals surface area contributed by atoms with Gasteiger partial charge < -0.3 is 9.42 Å². The number of pyridine rings is 1. The molecule has 2 aromatic heterocycles. The molecule has 0 saturated carbocycles. The van der Waals surface area contributed by atoms with Crippen molar-refractivity contribution in [2.75, 3.05) is 17.7 Å². The summed E-state index contributed by atoms with van der Waals surface area (Å²) in [5.74, 6) is 2.96. The highest BCUT2D eigenvalue weighted by molar-refractivity contribution is 7.99. The Bertz CT molecular complexity index is 636. The van der Waals surface area contributed by atoms with Crippen molar-refractivity contribution in [3.8, 4) is 6.07 Å².